The van der Waals surface area contributed by atoms with Crippen LogP contribution in [-0.4, -0.2) is 50.1 Å². The van der Waals surface area contributed by atoms with Crippen molar-refractivity contribution < 1.29 is 9.53 Å². The van der Waals surface area contributed by atoms with Gasteiger partial charge in [0.1, 0.15) is 15.6 Å². The maximum Gasteiger partial charge on any atom is 0.261 e. The second-order valence-corrected chi connectivity index (χ2v) is 6.16. The number of thiophene rings is 1. The van der Waals surface area contributed by atoms with Crippen LogP contribution in [0.1, 0.15) is 23.5 Å². The number of nitrogens with zero attached hydrogens (tertiary/aromatic N) is 2. The summed E-state index contributed by atoms with van der Waals surface area (Å²) in [5.41, 5.74) is 11.7. The summed E-state index contributed by atoms with van der Waals surface area (Å²) in [6, 6.07) is 0.550. The molecule has 0 saturated carbocycles. The highest BCUT2D eigenvalue weighted by molar-refractivity contribution is 7.19. The van der Waals surface area contributed by atoms with E-state index in [-0.39, 0.29) is 0 Å². The van der Waals surface area contributed by atoms with E-state index in [9.17, 15) is 4.79 Å². The fourth-order valence-electron chi connectivity index (χ4n) is 2.45. The van der Waals surface area contributed by atoms with Crippen LogP contribution in [0.2, 0.25) is 0 Å². The summed E-state index contributed by atoms with van der Waals surface area (Å²) in [5, 5.41) is 0.905. The molecule has 1 saturated heterocycles. The molecule has 2 rings (SSSR count). The first kappa shape index (κ1) is 14.9. The van der Waals surface area contributed by atoms with Crippen LogP contribution in [0.4, 0.5) is 10.7 Å². The van der Waals surface area contributed by atoms with Crippen molar-refractivity contribution in [2.24, 2.45) is 5.73 Å². The number of anilines is 2. The van der Waals surface area contributed by atoms with E-state index >= 15 is 0 Å². The zero-order chi connectivity index (χ0) is 14.9. The molecule has 2 heterocycles. The van der Waals surface area contributed by atoms with Crippen molar-refractivity contribution in [1.82, 2.24) is 4.90 Å². The van der Waals surface area contributed by atoms with Crippen LogP contribution >= 0.6 is 11.3 Å². The molecule has 0 aliphatic carbocycles. The first-order chi connectivity index (χ1) is 9.45. The zero-order valence-corrected chi connectivity index (χ0v) is 13.0. The lowest BCUT2D eigenvalue weighted by Gasteiger charge is -2.37. The third-order valence-corrected chi connectivity index (χ3v) is 4.90. The summed E-state index contributed by atoms with van der Waals surface area (Å²) in [7, 11) is 1.57. The van der Waals surface area contributed by atoms with Gasteiger partial charge < -0.3 is 21.1 Å². The predicted molar refractivity (Wildman–Crippen MR) is 82.7 cm³/mol. The highest BCUT2D eigenvalue weighted by Crippen LogP contribution is 2.44. The molecule has 1 aromatic heterocycles. The van der Waals surface area contributed by atoms with Crippen molar-refractivity contribution in [2.75, 3.05) is 43.9 Å². The van der Waals surface area contributed by atoms with E-state index in [0.717, 1.165) is 31.2 Å². The number of ether oxygens (including phenoxy) is 1. The van der Waals surface area contributed by atoms with Crippen LogP contribution in [0.25, 0.3) is 0 Å². The average molecular weight is 298 g/mol. The van der Waals surface area contributed by atoms with Crippen LogP contribution in [0.15, 0.2) is 0 Å². The largest absolute Gasteiger partial charge is 0.492 e. The third-order valence-electron chi connectivity index (χ3n) is 3.64. The van der Waals surface area contributed by atoms with E-state index < -0.39 is 5.91 Å². The van der Waals surface area contributed by atoms with Gasteiger partial charge in [-0.3, -0.25) is 9.69 Å². The van der Waals surface area contributed by atoms with E-state index in [0.29, 0.717) is 22.4 Å². The Morgan fingerprint density at radius 3 is 2.35 bits per heavy atom. The van der Waals surface area contributed by atoms with Crippen LogP contribution < -0.4 is 21.1 Å². The molecule has 7 heteroatoms. The summed E-state index contributed by atoms with van der Waals surface area (Å²) in [6.07, 6.45) is 0. The Labute approximate surface area is 123 Å². The highest BCUT2D eigenvalue weighted by Gasteiger charge is 2.27. The Balaban J connectivity index is 2.21. The SMILES string of the molecule is COc1c(N2CCN(C(C)C)CC2)sc(C(N)=O)c1N. The van der Waals surface area contributed by atoms with Crippen molar-refractivity contribution in [3.8, 4) is 5.75 Å². The van der Waals surface area contributed by atoms with Gasteiger partial charge in [-0.1, -0.05) is 0 Å². The number of nitrogen functional groups attached to an aromatic ring is 1. The molecule has 0 bridgehead atoms. The van der Waals surface area contributed by atoms with E-state index in [1.54, 1.807) is 7.11 Å². The quantitative estimate of drug-likeness (QED) is 0.865. The lowest BCUT2D eigenvalue weighted by molar-refractivity contribution is 0.100. The first-order valence-electron chi connectivity index (χ1n) is 6.70. The standard InChI is InChI=1S/C13H22N4O2S/c1-8(2)16-4-6-17(7-5-16)13-10(19-3)9(14)11(20-13)12(15)18/h8H,4-7,14H2,1-3H3,(H2,15,18). The summed E-state index contributed by atoms with van der Waals surface area (Å²) >= 11 is 1.32. The number of carbonyl (C=O) groups is 1. The van der Waals surface area contributed by atoms with Crippen molar-refractivity contribution in [3.05, 3.63) is 4.88 Å². The van der Waals surface area contributed by atoms with E-state index in [4.69, 9.17) is 16.2 Å². The lowest BCUT2D eigenvalue weighted by Crippen LogP contribution is -2.48. The van der Waals surface area contributed by atoms with Gasteiger partial charge in [-0.15, -0.1) is 11.3 Å². The maximum absolute atomic E-state index is 11.4. The number of carbonyl (C=O) groups excluding carboxylic acids is 1. The number of hydrogen-bond donors (Lipinski definition) is 2. The molecular weight excluding hydrogens is 276 g/mol. The topological polar surface area (TPSA) is 84.8 Å². The minimum atomic E-state index is -0.502. The van der Waals surface area contributed by atoms with Gasteiger partial charge >= 0.3 is 0 Å². The number of methoxy groups -OCH3 is 1. The second kappa shape index (κ2) is 5.88. The molecule has 1 amide bonds. The monoisotopic (exact) mass is 298 g/mol. The Hall–Kier alpha value is -1.47. The molecule has 0 spiro atoms. The van der Waals surface area contributed by atoms with Crippen molar-refractivity contribution in [1.29, 1.82) is 0 Å². The van der Waals surface area contributed by atoms with Crippen molar-refractivity contribution in [2.45, 2.75) is 19.9 Å². The third kappa shape index (κ3) is 2.69. The molecule has 112 valence electrons. The Morgan fingerprint density at radius 2 is 1.90 bits per heavy atom. The fourth-order valence-corrected chi connectivity index (χ4v) is 3.54. The van der Waals surface area contributed by atoms with Crippen LogP contribution in [0, 0.1) is 0 Å². The normalized spacial score (nSPS) is 16.7. The van der Waals surface area contributed by atoms with Gasteiger partial charge in [0, 0.05) is 32.2 Å². The molecule has 20 heavy (non-hydrogen) atoms. The number of nitrogens with two attached hydrogens (primary N) is 2. The molecule has 0 aromatic carbocycles. The Bertz CT molecular complexity index is 493. The average Bonchev–Trinajstić information content (AvgIpc) is 2.75. The molecule has 1 aliphatic heterocycles. The van der Waals surface area contributed by atoms with E-state index in [2.05, 4.69) is 23.6 Å². The van der Waals surface area contributed by atoms with Crippen molar-refractivity contribution >= 4 is 27.9 Å². The molecule has 6 nitrogen and oxygen atoms in total. The fraction of sp³-hybridized carbons (Fsp3) is 0.615. The zero-order valence-electron chi connectivity index (χ0n) is 12.2. The van der Waals surface area contributed by atoms with Crippen LogP contribution in [0.5, 0.6) is 5.75 Å². The molecule has 1 fully saturated rings. The number of hydrogen-bond acceptors (Lipinski definition) is 6. The van der Waals surface area contributed by atoms with Gasteiger partial charge in [-0.2, -0.15) is 0 Å². The summed E-state index contributed by atoms with van der Waals surface area (Å²) in [5.74, 6) is 0.0691. The number of piperazine rings is 1. The Kier molecular flexibility index (Phi) is 4.39. The minimum absolute atomic E-state index is 0.353. The number of rotatable bonds is 4. The Morgan fingerprint density at radius 1 is 1.30 bits per heavy atom. The molecular formula is C13H22N4O2S. The molecule has 1 aromatic rings. The van der Waals surface area contributed by atoms with E-state index in [1.807, 2.05) is 0 Å². The maximum atomic E-state index is 11.4. The summed E-state index contributed by atoms with van der Waals surface area (Å²) < 4.78 is 5.36. The van der Waals surface area contributed by atoms with Gasteiger partial charge in [0.2, 0.25) is 0 Å². The van der Waals surface area contributed by atoms with Crippen LogP contribution in [0.3, 0.4) is 0 Å². The molecule has 0 unspecified atom stereocenters. The second-order valence-electron chi connectivity index (χ2n) is 5.16. The number of amides is 1. The predicted octanol–water partition coefficient (Wildman–Crippen LogP) is 0.968. The van der Waals surface area contributed by atoms with Gasteiger partial charge in [0.25, 0.3) is 5.91 Å². The highest BCUT2D eigenvalue weighted by atomic mass is 32.1. The van der Waals surface area contributed by atoms with E-state index in [1.165, 1.54) is 11.3 Å². The summed E-state index contributed by atoms with van der Waals surface area (Å²) in [4.78, 5) is 16.4. The smallest absolute Gasteiger partial charge is 0.261 e. The molecule has 4 N–H and O–H groups in total. The van der Waals surface area contributed by atoms with Gasteiger partial charge in [0.05, 0.1) is 7.11 Å². The first-order valence-corrected chi connectivity index (χ1v) is 7.52. The summed E-state index contributed by atoms with van der Waals surface area (Å²) in [6.45, 7) is 8.17. The lowest BCUT2D eigenvalue weighted by atomic mass is 10.2. The molecule has 0 radical (unpaired) electrons. The van der Waals surface area contributed by atoms with Crippen LogP contribution in [-0.2, 0) is 0 Å². The van der Waals surface area contributed by atoms with Gasteiger partial charge in [0.15, 0.2) is 5.75 Å². The van der Waals surface area contributed by atoms with Gasteiger partial charge in [-0.05, 0) is 13.8 Å². The number of primary amides is 1. The molecule has 1 aliphatic rings. The minimum Gasteiger partial charge on any atom is -0.492 e. The van der Waals surface area contributed by atoms with Gasteiger partial charge in [-0.25, -0.2) is 0 Å². The van der Waals surface area contributed by atoms with Crippen molar-refractivity contribution in [3.63, 3.8) is 0 Å². The molecule has 0 atom stereocenters.